The molecule has 5 rings (SSSR count). The summed E-state index contributed by atoms with van der Waals surface area (Å²) in [5.74, 6) is -0.297. The molecule has 1 saturated carbocycles. The van der Waals surface area contributed by atoms with Gasteiger partial charge >= 0.3 is 0 Å². The Morgan fingerprint density at radius 1 is 1.11 bits per heavy atom. The van der Waals surface area contributed by atoms with Crippen LogP contribution in [0.15, 0.2) is 42.5 Å². The third-order valence-electron chi connectivity index (χ3n) is 7.07. The summed E-state index contributed by atoms with van der Waals surface area (Å²) >= 11 is 0. The first kappa shape index (κ1) is 24.2. The standard InChI is InChI=1S/C27H30FN3O5/c1-31-22-10-9-19(13-25(32)29-14-17-4-2-3-5-21(17)28)36-24(22)15-35-23-11-8-18(12-20(23)27(31)34)30-26(33)16-6-7-16/h2-5,8,11-12,16,19,22,24H,6-7,9-10,13-15H2,1H3,(H,29,32)(H,30,33)/t19-,22-,24-/m0/s1. The first-order chi connectivity index (χ1) is 17.4. The van der Waals surface area contributed by atoms with E-state index in [9.17, 15) is 18.8 Å². The molecule has 2 aromatic rings. The van der Waals surface area contributed by atoms with Gasteiger partial charge in [-0.05, 0) is 49.9 Å². The van der Waals surface area contributed by atoms with E-state index in [-0.39, 0.29) is 67.3 Å². The Kier molecular flexibility index (Phi) is 6.91. The van der Waals surface area contributed by atoms with Crippen LogP contribution in [0.2, 0.25) is 0 Å². The Morgan fingerprint density at radius 2 is 1.92 bits per heavy atom. The van der Waals surface area contributed by atoms with Gasteiger partial charge in [0.15, 0.2) is 0 Å². The van der Waals surface area contributed by atoms with Gasteiger partial charge in [0.05, 0.1) is 24.1 Å². The first-order valence-electron chi connectivity index (χ1n) is 12.4. The van der Waals surface area contributed by atoms with Crippen molar-refractivity contribution in [1.82, 2.24) is 10.2 Å². The molecule has 0 aromatic heterocycles. The molecule has 2 aromatic carbocycles. The minimum absolute atomic E-state index is 0.0211. The number of benzene rings is 2. The number of likely N-dealkylation sites (N-methyl/N-ethyl adjacent to an activating group) is 1. The number of halogens is 1. The molecule has 2 heterocycles. The fourth-order valence-corrected chi connectivity index (χ4v) is 4.81. The van der Waals surface area contributed by atoms with E-state index in [2.05, 4.69) is 10.6 Å². The molecule has 3 aliphatic rings. The second-order valence-electron chi connectivity index (χ2n) is 9.72. The Labute approximate surface area is 209 Å². The van der Waals surface area contributed by atoms with Gasteiger partial charge in [-0.2, -0.15) is 0 Å². The maximum absolute atomic E-state index is 13.8. The van der Waals surface area contributed by atoms with Crippen molar-refractivity contribution < 1.29 is 28.2 Å². The predicted molar refractivity (Wildman–Crippen MR) is 130 cm³/mol. The van der Waals surface area contributed by atoms with Gasteiger partial charge in [-0.15, -0.1) is 0 Å². The lowest BCUT2D eigenvalue weighted by Crippen LogP contribution is -2.53. The first-order valence-corrected chi connectivity index (χ1v) is 12.4. The molecule has 8 nitrogen and oxygen atoms in total. The fourth-order valence-electron chi connectivity index (χ4n) is 4.81. The van der Waals surface area contributed by atoms with Gasteiger partial charge in [-0.1, -0.05) is 18.2 Å². The van der Waals surface area contributed by atoms with Crippen molar-refractivity contribution in [3.05, 3.63) is 59.4 Å². The second kappa shape index (κ2) is 10.3. The van der Waals surface area contributed by atoms with Crippen LogP contribution in [0.4, 0.5) is 10.1 Å². The molecule has 0 radical (unpaired) electrons. The van der Waals surface area contributed by atoms with Crippen molar-refractivity contribution in [1.29, 1.82) is 0 Å². The smallest absolute Gasteiger partial charge is 0.257 e. The highest BCUT2D eigenvalue weighted by Crippen LogP contribution is 2.34. The molecule has 3 atom stereocenters. The van der Waals surface area contributed by atoms with Gasteiger partial charge in [0.25, 0.3) is 5.91 Å². The Balaban J connectivity index is 1.21. The SMILES string of the molecule is CN1C(=O)c2cc(NC(=O)C3CC3)ccc2OC[C@@H]2O[C@H](CC(=O)NCc3ccccc3F)CC[C@@H]21. The molecule has 2 N–H and O–H groups in total. The van der Waals surface area contributed by atoms with Crippen LogP contribution in [0.25, 0.3) is 0 Å². The quantitative estimate of drug-likeness (QED) is 0.641. The lowest BCUT2D eigenvalue weighted by atomic mass is 9.94. The third kappa shape index (κ3) is 5.36. The van der Waals surface area contributed by atoms with E-state index in [0.717, 1.165) is 12.8 Å². The summed E-state index contributed by atoms with van der Waals surface area (Å²) in [5.41, 5.74) is 1.41. The number of carbonyl (C=O) groups excluding carboxylic acids is 3. The van der Waals surface area contributed by atoms with Crippen LogP contribution >= 0.6 is 0 Å². The molecule has 0 spiro atoms. The van der Waals surface area contributed by atoms with Crippen LogP contribution in [0, 0.1) is 11.7 Å². The van der Waals surface area contributed by atoms with Gasteiger partial charge < -0.3 is 25.0 Å². The Morgan fingerprint density at radius 3 is 2.69 bits per heavy atom. The van der Waals surface area contributed by atoms with E-state index >= 15 is 0 Å². The predicted octanol–water partition coefficient (Wildman–Crippen LogP) is 3.26. The summed E-state index contributed by atoms with van der Waals surface area (Å²) in [6, 6.07) is 11.2. The lowest BCUT2D eigenvalue weighted by molar-refractivity contribution is -0.134. The molecule has 9 heteroatoms. The fraction of sp³-hybridized carbons (Fsp3) is 0.444. The van der Waals surface area contributed by atoms with E-state index in [1.165, 1.54) is 6.07 Å². The zero-order chi connectivity index (χ0) is 25.2. The zero-order valence-electron chi connectivity index (χ0n) is 20.2. The van der Waals surface area contributed by atoms with Crippen molar-refractivity contribution in [2.75, 3.05) is 19.0 Å². The number of amides is 3. The highest BCUT2D eigenvalue weighted by Gasteiger charge is 2.39. The van der Waals surface area contributed by atoms with Gasteiger partial charge in [0.1, 0.15) is 24.3 Å². The summed E-state index contributed by atoms with van der Waals surface area (Å²) < 4.78 is 26.0. The number of rotatable bonds is 6. The summed E-state index contributed by atoms with van der Waals surface area (Å²) in [5, 5.41) is 5.64. The summed E-state index contributed by atoms with van der Waals surface area (Å²) in [4.78, 5) is 39.6. The number of ether oxygens (including phenoxy) is 2. The van der Waals surface area contributed by atoms with Crippen molar-refractivity contribution in [3.8, 4) is 5.75 Å². The zero-order valence-corrected chi connectivity index (χ0v) is 20.2. The highest BCUT2D eigenvalue weighted by molar-refractivity contribution is 6.00. The van der Waals surface area contributed by atoms with Crippen LogP contribution in [0.3, 0.4) is 0 Å². The molecule has 1 aliphatic carbocycles. The maximum Gasteiger partial charge on any atom is 0.257 e. The Hall–Kier alpha value is -3.46. The van der Waals surface area contributed by atoms with Crippen LogP contribution in [0.5, 0.6) is 5.75 Å². The van der Waals surface area contributed by atoms with Crippen molar-refractivity contribution >= 4 is 23.4 Å². The molecular formula is C27H30FN3O5. The molecule has 2 aliphatic heterocycles. The molecule has 0 bridgehead atoms. The number of hydrogen-bond acceptors (Lipinski definition) is 5. The normalized spacial score (nSPS) is 23.4. The summed E-state index contributed by atoms with van der Waals surface area (Å²) in [7, 11) is 1.75. The molecule has 36 heavy (non-hydrogen) atoms. The molecule has 1 saturated heterocycles. The van der Waals surface area contributed by atoms with Gasteiger partial charge in [-0.3, -0.25) is 14.4 Å². The highest BCUT2D eigenvalue weighted by atomic mass is 19.1. The van der Waals surface area contributed by atoms with Crippen molar-refractivity contribution in [2.45, 2.75) is 56.9 Å². The van der Waals surface area contributed by atoms with E-state index in [0.29, 0.717) is 35.4 Å². The second-order valence-corrected chi connectivity index (χ2v) is 9.72. The number of anilines is 1. The number of nitrogens with one attached hydrogen (secondary N) is 2. The average Bonchev–Trinajstić information content (AvgIpc) is 3.72. The minimum Gasteiger partial charge on any atom is -0.490 e. The van der Waals surface area contributed by atoms with Gasteiger partial charge in [0.2, 0.25) is 11.8 Å². The van der Waals surface area contributed by atoms with Gasteiger partial charge in [0, 0.05) is 30.8 Å². The van der Waals surface area contributed by atoms with Crippen LogP contribution in [0.1, 0.15) is 48.0 Å². The van der Waals surface area contributed by atoms with E-state index in [1.54, 1.807) is 48.3 Å². The molecule has 0 unspecified atom stereocenters. The maximum atomic E-state index is 13.8. The van der Waals surface area contributed by atoms with Crippen LogP contribution in [-0.4, -0.2) is 54.5 Å². The van der Waals surface area contributed by atoms with E-state index < -0.39 is 0 Å². The third-order valence-corrected chi connectivity index (χ3v) is 7.07. The monoisotopic (exact) mass is 495 g/mol. The number of hydrogen-bond donors (Lipinski definition) is 2. The lowest BCUT2D eigenvalue weighted by Gasteiger charge is -2.42. The van der Waals surface area contributed by atoms with Crippen molar-refractivity contribution in [3.63, 3.8) is 0 Å². The molecule has 3 amide bonds. The average molecular weight is 496 g/mol. The van der Waals surface area contributed by atoms with E-state index in [4.69, 9.17) is 9.47 Å². The number of carbonyl (C=O) groups is 3. The van der Waals surface area contributed by atoms with E-state index in [1.807, 2.05) is 0 Å². The van der Waals surface area contributed by atoms with Crippen LogP contribution < -0.4 is 15.4 Å². The molecular weight excluding hydrogens is 465 g/mol. The largest absolute Gasteiger partial charge is 0.490 e. The van der Waals surface area contributed by atoms with Crippen molar-refractivity contribution in [2.24, 2.45) is 5.92 Å². The van der Waals surface area contributed by atoms with Crippen LogP contribution in [-0.2, 0) is 20.9 Å². The molecule has 190 valence electrons. The number of fused-ring (bicyclic) bond motifs is 2. The molecule has 2 fully saturated rings. The minimum atomic E-state index is -0.389. The topological polar surface area (TPSA) is 97.0 Å². The number of nitrogens with zero attached hydrogens (tertiary/aromatic N) is 1. The summed E-state index contributed by atoms with van der Waals surface area (Å²) in [6.07, 6.45) is 2.51. The Bertz CT molecular complexity index is 1170. The van der Waals surface area contributed by atoms with Gasteiger partial charge in [-0.25, -0.2) is 4.39 Å². The summed E-state index contributed by atoms with van der Waals surface area (Å²) in [6.45, 7) is 0.348.